The highest BCUT2D eigenvalue weighted by Crippen LogP contribution is 2.39. The third kappa shape index (κ3) is 1.95. The molecule has 0 aromatic heterocycles. The SMILES string of the molecule is CCNC(=O)C1C2C=CC(O2)C1C(=O)N(C)C. The molecule has 0 radical (unpaired) electrons. The van der Waals surface area contributed by atoms with Crippen molar-refractivity contribution in [2.75, 3.05) is 20.6 Å². The van der Waals surface area contributed by atoms with Crippen LogP contribution in [0.5, 0.6) is 0 Å². The number of hydrogen-bond acceptors (Lipinski definition) is 3. The predicted octanol–water partition coefficient (Wildman–Crippen LogP) is -0.220. The molecule has 5 nitrogen and oxygen atoms in total. The molecule has 0 aliphatic carbocycles. The van der Waals surface area contributed by atoms with E-state index in [2.05, 4.69) is 5.32 Å². The van der Waals surface area contributed by atoms with Crippen LogP contribution < -0.4 is 5.32 Å². The van der Waals surface area contributed by atoms with E-state index in [-0.39, 0.29) is 35.9 Å². The zero-order chi connectivity index (χ0) is 12.6. The molecule has 0 aromatic rings. The summed E-state index contributed by atoms with van der Waals surface area (Å²) in [6, 6.07) is 0. The molecule has 2 heterocycles. The van der Waals surface area contributed by atoms with Crippen molar-refractivity contribution in [2.45, 2.75) is 19.1 Å². The maximum absolute atomic E-state index is 12.1. The normalized spacial score (nSPS) is 33.8. The molecule has 0 saturated carbocycles. The Morgan fingerprint density at radius 2 is 1.82 bits per heavy atom. The van der Waals surface area contributed by atoms with Crippen LogP contribution in [0.3, 0.4) is 0 Å². The van der Waals surface area contributed by atoms with Crippen LogP contribution in [0, 0.1) is 11.8 Å². The smallest absolute Gasteiger partial charge is 0.229 e. The van der Waals surface area contributed by atoms with Gasteiger partial charge in [-0.1, -0.05) is 12.2 Å². The van der Waals surface area contributed by atoms with Crippen LogP contribution in [0.25, 0.3) is 0 Å². The van der Waals surface area contributed by atoms with Gasteiger partial charge < -0.3 is 15.0 Å². The first-order chi connectivity index (χ1) is 8.06. The van der Waals surface area contributed by atoms with Gasteiger partial charge in [0.2, 0.25) is 11.8 Å². The van der Waals surface area contributed by atoms with Gasteiger partial charge in [-0.25, -0.2) is 0 Å². The largest absolute Gasteiger partial charge is 0.365 e. The minimum atomic E-state index is -0.389. The van der Waals surface area contributed by atoms with Crippen molar-refractivity contribution in [2.24, 2.45) is 11.8 Å². The molecule has 2 aliphatic rings. The van der Waals surface area contributed by atoms with Gasteiger partial charge in [-0.3, -0.25) is 9.59 Å². The summed E-state index contributed by atoms with van der Waals surface area (Å²) in [5.41, 5.74) is 0. The molecule has 1 fully saturated rings. The van der Waals surface area contributed by atoms with E-state index in [1.165, 1.54) is 4.90 Å². The Kier molecular flexibility index (Phi) is 3.19. The summed E-state index contributed by atoms with van der Waals surface area (Å²) < 4.78 is 5.62. The summed E-state index contributed by atoms with van der Waals surface area (Å²) in [4.78, 5) is 25.6. The Balaban J connectivity index is 2.20. The zero-order valence-corrected chi connectivity index (χ0v) is 10.3. The van der Waals surface area contributed by atoms with Gasteiger partial charge in [0.05, 0.1) is 24.0 Å². The van der Waals surface area contributed by atoms with Gasteiger partial charge in [-0.15, -0.1) is 0 Å². The molecule has 17 heavy (non-hydrogen) atoms. The van der Waals surface area contributed by atoms with E-state index in [0.717, 1.165) is 0 Å². The monoisotopic (exact) mass is 238 g/mol. The van der Waals surface area contributed by atoms with Gasteiger partial charge in [0.15, 0.2) is 0 Å². The Bertz CT molecular complexity index is 365. The molecule has 0 spiro atoms. The first-order valence-electron chi connectivity index (χ1n) is 5.89. The molecule has 4 unspecified atom stereocenters. The van der Waals surface area contributed by atoms with Gasteiger partial charge in [-0.2, -0.15) is 0 Å². The average molecular weight is 238 g/mol. The van der Waals surface area contributed by atoms with E-state index in [0.29, 0.717) is 6.54 Å². The fraction of sp³-hybridized carbons (Fsp3) is 0.667. The van der Waals surface area contributed by atoms with Crippen LogP contribution in [0.1, 0.15) is 6.92 Å². The fourth-order valence-electron chi connectivity index (χ4n) is 2.51. The minimum absolute atomic E-state index is 0.0434. The lowest BCUT2D eigenvalue weighted by Crippen LogP contribution is -2.45. The number of hydrogen-bond donors (Lipinski definition) is 1. The van der Waals surface area contributed by atoms with E-state index < -0.39 is 0 Å². The van der Waals surface area contributed by atoms with Gasteiger partial charge in [-0.05, 0) is 6.92 Å². The number of carbonyl (C=O) groups is 2. The van der Waals surface area contributed by atoms with E-state index in [9.17, 15) is 9.59 Å². The highest BCUT2D eigenvalue weighted by atomic mass is 16.5. The number of nitrogens with zero attached hydrogens (tertiary/aromatic N) is 1. The van der Waals surface area contributed by atoms with Crippen molar-refractivity contribution < 1.29 is 14.3 Å². The minimum Gasteiger partial charge on any atom is -0.365 e. The van der Waals surface area contributed by atoms with Crippen molar-refractivity contribution >= 4 is 11.8 Å². The lowest BCUT2D eigenvalue weighted by Gasteiger charge is -2.25. The first kappa shape index (κ1) is 12.1. The molecule has 1 saturated heterocycles. The average Bonchev–Trinajstić information content (AvgIpc) is 2.87. The van der Waals surface area contributed by atoms with Crippen LogP contribution in [-0.4, -0.2) is 49.6 Å². The zero-order valence-electron chi connectivity index (χ0n) is 10.3. The van der Waals surface area contributed by atoms with E-state index in [1.807, 2.05) is 19.1 Å². The van der Waals surface area contributed by atoms with Gasteiger partial charge in [0.25, 0.3) is 0 Å². The lowest BCUT2D eigenvalue weighted by molar-refractivity contribution is -0.139. The molecule has 2 aliphatic heterocycles. The van der Waals surface area contributed by atoms with Crippen molar-refractivity contribution in [1.29, 1.82) is 0 Å². The second-order valence-electron chi connectivity index (χ2n) is 4.63. The summed E-state index contributed by atoms with van der Waals surface area (Å²) >= 11 is 0. The van der Waals surface area contributed by atoms with Crippen LogP contribution in [-0.2, 0) is 14.3 Å². The van der Waals surface area contributed by atoms with E-state index in [4.69, 9.17) is 4.74 Å². The number of nitrogens with one attached hydrogen (secondary N) is 1. The van der Waals surface area contributed by atoms with E-state index in [1.54, 1.807) is 14.1 Å². The van der Waals surface area contributed by atoms with Crippen LogP contribution in [0.2, 0.25) is 0 Å². The quantitative estimate of drug-likeness (QED) is 0.692. The molecule has 5 heteroatoms. The Labute approximate surface area is 101 Å². The van der Waals surface area contributed by atoms with Crippen LogP contribution in [0.15, 0.2) is 12.2 Å². The number of ether oxygens (including phenoxy) is 1. The summed E-state index contributed by atoms with van der Waals surface area (Å²) in [7, 11) is 3.40. The van der Waals surface area contributed by atoms with E-state index >= 15 is 0 Å². The third-order valence-electron chi connectivity index (χ3n) is 3.28. The summed E-state index contributed by atoms with van der Waals surface area (Å²) in [5, 5.41) is 2.77. The second-order valence-corrected chi connectivity index (χ2v) is 4.63. The Morgan fingerprint density at radius 1 is 1.24 bits per heavy atom. The van der Waals surface area contributed by atoms with Crippen molar-refractivity contribution in [3.63, 3.8) is 0 Å². The van der Waals surface area contributed by atoms with Crippen molar-refractivity contribution in [3.05, 3.63) is 12.2 Å². The number of fused-ring (bicyclic) bond motifs is 2. The van der Waals surface area contributed by atoms with Gasteiger partial charge >= 0.3 is 0 Å². The fourth-order valence-corrected chi connectivity index (χ4v) is 2.51. The third-order valence-corrected chi connectivity index (χ3v) is 3.28. The Hall–Kier alpha value is -1.36. The van der Waals surface area contributed by atoms with Crippen molar-refractivity contribution in [3.8, 4) is 0 Å². The molecule has 2 bridgehead atoms. The maximum Gasteiger partial charge on any atom is 0.229 e. The maximum atomic E-state index is 12.1. The molecular formula is C12H18N2O3. The van der Waals surface area contributed by atoms with Crippen molar-refractivity contribution in [1.82, 2.24) is 10.2 Å². The summed E-state index contributed by atoms with van der Waals surface area (Å²) in [5.74, 6) is -0.908. The summed E-state index contributed by atoms with van der Waals surface area (Å²) in [6.07, 6.45) is 3.26. The number of amides is 2. The number of carbonyl (C=O) groups excluding carboxylic acids is 2. The molecule has 2 rings (SSSR count). The summed E-state index contributed by atoms with van der Waals surface area (Å²) in [6.45, 7) is 2.43. The van der Waals surface area contributed by atoms with Gasteiger partial charge in [0.1, 0.15) is 0 Å². The van der Waals surface area contributed by atoms with Gasteiger partial charge in [0, 0.05) is 20.6 Å². The first-order valence-corrected chi connectivity index (χ1v) is 5.89. The topological polar surface area (TPSA) is 58.6 Å². The molecule has 0 aromatic carbocycles. The number of rotatable bonds is 3. The predicted molar refractivity (Wildman–Crippen MR) is 62.2 cm³/mol. The highest BCUT2D eigenvalue weighted by Gasteiger charge is 2.53. The standard InChI is InChI=1S/C12H18N2O3/c1-4-13-11(15)9-7-5-6-8(17-7)10(9)12(16)14(2)3/h5-10H,4H2,1-3H3,(H,13,15). The second kappa shape index (κ2) is 4.49. The van der Waals surface area contributed by atoms with Crippen LogP contribution >= 0.6 is 0 Å². The molecule has 4 atom stereocenters. The molecule has 2 amide bonds. The lowest BCUT2D eigenvalue weighted by atomic mass is 9.81. The molecule has 94 valence electrons. The van der Waals surface area contributed by atoms with Crippen LogP contribution in [0.4, 0.5) is 0 Å². The Morgan fingerprint density at radius 3 is 2.35 bits per heavy atom. The molecule has 1 N–H and O–H groups in total. The molecular weight excluding hydrogens is 220 g/mol. The highest BCUT2D eigenvalue weighted by molar-refractivity contribution is 5.90.